The van der Waals surface area contributed by atoms with E-state index in [0.29, 0.717) is 0 Å². The maximum Gasteiger partial charge on any atom is 0.316 e. The summed E-state index contributed by atoms with van der Waals surface area (Å²) in [5.41, 5.74) is -0.0387. The van der Waals surface area contributed by atoms with Crippen molar-refractivity contribution in [2.24, 2.45) is 0 Å². The molecule has 3 nitrogen and oxygen atoms in total. The number of anilines is 1. The van der Waals surface area contributed by atoms with Crippen LogP contribution < -0.4 is 9.64 Å². The summed E-state index contributed by atoms with van der Waals surface area (Å²) in [6.07, 6.45) is -6.22. The van der Waals surface area contributed by atoms with Gasteiger partial charge in [-0.05, 0) is 19.1 Å². The minimum Gasteiger partial charge on any atom is -0.484 e. The summed E-state index contributed by atoms with van der Waals surface area (Å²) in [6.45, 7) is 1.40. The summed E-state index contributed by atoms with van der Waals surface area (Å²) >= 11 is 0. The standard InChI is InChI=1S/C13H12F5NO2/c1-7-6-19(10(20)5-13(17,18)12(15)16)9-4-2-3-8(14)11(9)21-7/h2-4,7,12H,5-6H2,1H3. The minimum atomic E-state index is -4.42. The molecule has 1 unspecified atom stereocenters. The van der Waals surface area contributed by atoms with E-state index < -0.39 is 36.6 Å². The summed E-state index contributed by atoms with van der Waals surface area (Å²) in [5, 5.41) is 0. The number of rotatable bonds is 3. The molecule has 0 aromatic heterocycles. The summed E-state index contributed by atoms with van der Waals surface area (Å²) in [4.78, 5) is 12.7. The van der Waals surface area contributed by atoms with Gasteiger partial charge in [-0.15, -0.1) is 0 Å². The van der Waals surface area contributed by atoms with Crippen molar-refractivity contribution in [3.05, 3.63) is 24.0 Å². The van der Waals surface area contributed by atoms with Gasteiger partial charge in [0.2, 0.25) is 5.91 Å². The molecule has 1 aliphatic rings. The molecule has 1 aromatic carbocycles. The largest absolute Gasteiger partial charge is 0.484 e. The average molecular weight is 309 g/mol. The van der Waals surface area contributed by atoms with Crippen molar-refractivity contribution in [2.75, 3.05) is 11.4 Å². The molecule has 2 rings (SSSR count). The summed E-state index contributed by atoms with van der Waals surface area (Å²) < 4.78 is 69.2. The fourth-order valence-electron chi connectivity index (χ4n) is 2.03. The van der Waals surface area contributed by atoms with E-state index in [2.05, 4.69) is 0 Å². The highest BCUT2D eigenvalue weighted by atomic mass is 19.3. The number of amides is 1. The Kier molecular flexibility index (Phi) is 4.06. The molecule has 0 fully saturated rings. The molecular weight excluding hydrogens is 297 g/mol. The van der Waals surface area contributed by atoms with Crippen LogP contribution in [-0.2, 0) is 4.79 Å². The van der Waals surface area contributed by atoms with Gasteiger partial charge in [-0.3, -0.25) is 4.79 Å². The lowest BCUT2D eigenvalue weighted by Crippen LogP contribution is -2.45. The molecule has 0 N–H and O–H groups in total. The van der Waals surface area contributed by atoms with E-state index in [4.69, 9.17) is 4.74 Å². The van der Waals surface area contributed by atoms with Crippen LogP contribution in [-0.4, -0.2) is 30.9 Å². The Morgan fingerprint density at radius 2 is 2.14 bits per heavy atom. The summed E-state index contributed by atoms with van der Waals surface area (Å²) in [6, 6.07) is 3.68. The van der Waals surface area contributed by atoms with Crippen LogP contribution in [0.3, 0.4) is 0 Å². The van der Waals surface area contributed by atoms with Crippen LogP contribution in [0.2, 0.25) is 0 Å². The number of hydrogen-bond donors (Lipinski definition) is 0. The normalized spacial score (nSPS) is 18.4. The van der Waals surface area contributed by atoms with Gasteiger partial charge in [0.1, 0.15) is 6.10 Å². The Balaban J connectivity index is 2.29. The number of benzene rings is 1. The third kappa shape index (κ3) is 3.08. The SMILES string of the molecule is CC1CN(C(=O)CC(F)(F)C(F)F)c2cccc(F)c2O1. The third-order valence-corrected chi connectivity index (χ3v) is 3.00. The molecule has 1 aliphatic heterocycles. The summed E-state index contributed by atoms with van der Waals surface area (Å²) in [5.74, 6) is -6.63. The van der Waals surface area contributed by atoms with Gasteiger partial charge in [-0.1, -0.05) is 6.07 Å². The van der Waals surface area contributed by atoms with E-state index in [0.717, 1.165) is 11.0 Å². The maximum atomic E-state index is 13.6. The van der Waals surface area contributed by atoms with Gasteiger partial charge in [-0.25, -0.2) is 13.2 Å². The van der Waals surface area contributed by atoms with Crippen LogP contribution >= 0.6 is 0 Å². The van der Waals surface area contributed by atoms with Crippen molar-refractivity contribution >= 4 is 11.6 Å². The topological polar surface area (TPSA) is 29.5 Å². The maximum absolute atomic E-state index is 13.6. The molecule has 0 bridgehead atoms. The molecular formula is C13H12F5NO2. The number of fused-ring (bicyclic) bond motifs is 1. The van der Waals surface area contributed by atoms with Crippen LogP contribution in [0.1, 0.15) is 13.3 Å². The van der Waals surface area contributed by atoms with Crippen LogP contribution in [0.5, 0.6) is 5.75 Å². The Hall–Kier alpha value is -1.86. The smallest absolute Gasteiger partial charge is 0.316 e. The third-order valence-electron chi connectivity index (χ3n) is 3.00. The predicted molar refractivity (Wildman–Crippen MR) is 64.4 cm³/mol. The Morgan fingerprint density at radius 3 is 2.76 bits per heavy atom. The van der Waals surface area contributed by atoms with Gasteiger partial charge in [0.25, 0.3) is 0 Å². The Morgan fingerprint density at radius 1 is 1.48 bits per heavy atom. The first-order valence-electron chi connectivity index (χ1n) is 6.14. The van der Waals surface area contributed by atoms with E-state index in [1.807, 2.05) is 0 Å². The van der Waals surface area contributed by atoms with Gasteiger partial charge in [0, 0.05) is 0 Å². The van der Waals surface area contributed by atoms with Crippen molar-refractivity contribution in [1.29, 1.82) is 0 Å². The van der Waals surface area contributed by atoms with Gasteiger partial charge in [0.15, 0.2) is 11.6 Å². The van der Waals surface area contributed by atoms with Crippen molar-refractivity contribution in [3.63, 3.8) is 0 Å². The van der Waals surface area contributed by atoms with E-state index in [1.54, 1.807) is 0 Å². The molecule has 0 saturated heterocycles. The fourth-order valence-corrected chi connectivity index (χ4v) is 2.03. The number of para-hydroxylation sites is 1. The molecule has 1 heterocycles. The van der Waals surface area contributed by atoms with Crippen LogP contribution in [0, 0.1) is 5.82 Å². The predicted octanol–water partition coefficient (Wildman–Crippen LogP) is 3.23. The average Bonchev–Trinajstić information content (AvgIpc) is 2.38. The van der Waals surface area contributed by atoms with Crippen LogP contribution in [0.4, 0.5) is 27.6 Å². The lowest BCUT2D eigenvalue weighted by Gasteiger charge is -2.34. The number of nitrogens with zero attached hydrogens (tertiary/aromatic N) is 1. The second kappa shape index (κ2) is 5.50. The lowest BCUT2D eigenvalue weighted by molar-refractivity contribution is -0.149. The van der Waals surface area contributed by atoms with Crippen molar-refractivity contribution in [2.45, 2.75) is 31.8 Å². The summed E-state index contributed by atoms with van der Waals surface area (Å²) in [7, 11) is 0. The Bertz CT molecular complexity index is 549. The van der Waals surface area contributed by atoms with Crippen LogP contribution in [0.25, 0.3) is 0 Å². The zero-order valence-corrected chi connectivity index (χ0v) is 11.0. The number of halogens is 5. The first-order valence-corrected chi connectivity index (χ1v) is 6.14. The number of carbonyl (C=O) groups is 1. The van der Waals surface area contributed by atoms with E-state index >= 15 is 0 Å². The highest BCUT2D eigenvalue weighted by Gasteiger charge is 2.45. The quantitative estimate of drug-likeness (QED) is 0.802. The number of alkyl halides is 4. The minimum absolute atomic E-state index is 0.0387. The zero-order valence-electron chi connectivity index (χ0n) is 11.0. The van der Waals surface area contributed by atoms with E-state index in [1.165, 1.54) is 19.1 Å². The first-order chi connectivity index (χ1) is 9.72. The van der Waals surface area contributed by atoms with Crippen LogP contribution in [0.15, 0.2) is 18.2 Å². The molecule has 21 heavy (non-hydrogen) atoms. The fraction of sp³-hybridized carbons (Fsp3) is 0.462. The molecule has 0 aliphatic carbocycles. The number of hydrogen-bond acceptors (Lipinski definition) is 2. The molecule has 116 valence electrons. The zero-order chi connectivity index (χ0) is 15.8. The molecule has 0 radical (unpaired) electrons. The second-order valence-corrected chi connectivity index (χ2v) is 4.76. The first kappa shape index (κ1) is 15.5. The molecule has 1 atom stereocenters. The number of ether oxygens (including phenoxy) is 1. The van der Waals surface area contributed by atoms with Gasteiger partial charge in [-0.2, -0.15) is 8.78 Å². The molecule has 0 saturated carbocycles. The van der Waals surface area contributed by atoms with E-state index in [9.17, 15) is 26.7 Å². The number of carbonyl (C=O) groups excluding carboxylic acids is 1. The highest BCUT2D eigenvalue weighted by Crippen LogP contribution is 2.37. The van der Waals surface area contributed by atoms with Crippen molar-refractivity contribution in [1.82, 2.24) is 0 Å². The highest BCUT2D eigenvalue weighted by molar-refractivity contribution is 5.95. The molecule has 1 amide bonds. The lowest BCUT2D eigenvalue weighted by atomic mass is 10.1. The van der Waals surface area contributed by atoms with E-state index in [-0.39, 0.29) is 18.0 Å². The molecule has 1 aromatic rings. The van der Waals surface area contributed by atoms with Crippen molar-refractivity contribution < 1.29 is 31.5 Å². The second-order valence-electron chi connectivity index (χ2n) is 4.76. The molecule has 8 heteroatoms. The van der Waals surface area contributed by atoms with Gasteiger partial charge < -0.3 is 9.64 Å². The molecule has 0 spiro atoms. The van der Waals surface area contributed by atoms with Gasteiger partial charge >= 0.3 is 12.3 Å². The van der Waals surface area contributed by atoms with Crippen molar-refractivity contribution in [3.8, 4) is 5.75 Å². The Labute approximate surface area is 117 Å². The van der Waals surface area contributed by atoms with Gasteiger partial charge in [0.05, 0.1) is 18.7 Å². The monoisotopic (exact) mass is 309 g/mol.